The fourth-order valence-electron chi connectivity index (χ4n) is 1.85. The van der Waals surface area contributed by atoms with Crippen LogP contribution in [-0.4, -0.2) is 23.6 Å². The number of hydrogen-bond acceptors (Lipinski definition) is 5. The lowest BCUT2D eigenvalue weighted by Crippen LogP contribution is -2.19. The Bertz CT molecular complexity index is 645. The van der Waals surface area contributed by atoms with E-state index in [1.54, 1.807) is 4.90 Å². The third-order valence-corrected chi connectivity index (χ3v) is 2.93. The Hall–Kier alpha value is -2.61. The number of nitrogens with one attached hydrogen (secondary N) is 1. The summed E-state index contributed by atoms with van der Waals surface area (Å²) in [6.45, 7) is 4.17. The summed E-state index contributed by atoms with van der Waals surface area (Å²) in [6.07, 6.45) is 0. The standard InChI is InChI=1S/C15H17N5/c1-11-6-4-5-7-13(11)19-14-10-15(18-12(2)17-14)20(3)9-8-16/h4-7,10H,9H2,1-3H3,(H,17,18,19). The van der Waals surface area contributed by atoms with Crippen LogP contribution in [0.5, 0.6) is 0 Å². The number of rotatable bonds is 4. The molecule has 0 fully saturated rings. The van der Waals surface area contributed by atoms with Crippen molar-refractivity contribution in [2.75, 3.05) is 23.8 Å². The predicted octanol–water partition coefficient (Wildman–Crippen LogP) is 2.80. The van der Waals surface area contributed by atoms with E-state index in [-0.39, 0.29) is 0 Å². The van der Waals surface area contributed by atoms with Crippen molar-refractivity contribution in [1.82, 2.24) is 9.97 Å². The van der Waals surface area contributed by atoms with Gasteiger partial charge in [0.25, 0.3) is 0 Å². The molecule has 1 aromatic carbocycles. The number of para-hydroxylation sites is 1. The molecule has 20 heavy (non-hydrogen) atoms. The largest absolute Gasteiger partial charge is 0.346 e. The highest BCUT2D eigenvalue weighted by Crippen LogP contribution is 2.21. The molecule has 1 aromatic heterocycles. The van der Waals surface area contributed by atoms with Gasteiger partial charge in [-0.15, -0.1) is 0 Å². The van der Waals surface area contributed by atoms with Gasteiger partial charge in [0.2, 0.25) is 0 Å². The maximum atomic E-state index is 8.76. The van der Waals surface area contributed by atoms with Gasteiger partial charge >= 0.3 is 0 Å². The summed E-state index contributed by atoms with van der Waals surface area (Å²) in [5, 5.41) is 12.0. The number of nitriles is 1. The first kappa shape index (κ1) is 13.8. The van der Waals surface area contributed by atoms with Crippen molar-refractivity contribution >= 4 is 17.3 Å². The van der Waals surface area contributed by atoms with Crippen LogP contribution in [0.15, 0.2) is 30.3 Å². The molecule has 2 rings (SSSR count). The van der Waals surface area contributed by atoms with Crippen LogP contribution in [0.1, 0.15) is 11.4 Å². The molecule has 5 nitrogen and oxygen atoms in total. The van der Waals surface area contributed by atoms with Gasteiger partial charge < -0.3 is 10.2 Å². The molecular formula is C15H17N5. The second kappa shape index (κ2) is 6.02. The molecule has 0 amide bonds. The molecule has 0 unspecified atom stereocenters. The Morgan fingerprint density at radius 3 is 2.70 bits per heavy atom. The van der Waals surface area contributed by atoms with Gasteiger partial charge in [0, 0.05) is 18.8 Å². The third-order valence-electron chi connectivity index (χ3n) is 2.93. The molecule has 0 aliphatic carbocycles. The quantitative estimate of drug-likeness (QED) is 0.863. The second-order valence-corrected chi connectivity index (χ2v) is 4.61. The molecule has 0 saturated heterocycles. The molecular weight excluding hydrogens is 250 g/mol. The first-order valence-corrected chi connectivity index (χ1v) is 6.36. The maximum absolute atomic E-state index is 8.76. The van der Waals surface area contributed by atoms with Gasteiger partial charge in [-0.2, -0.15) is 5.26 Å². The average Bonchev–Trinajstić information content (AvgIpc) is 2.41. The zero-order chi connectivity index (χ0) is 14.5. The van der Waals surface area contributed by atoms with Crippen LogP contribution < -0.4 is 10.2 Å². The van der Waals surface area contributed by atoms with Crippen molar-refractivity contribution in [2.24, 2.45) is 0 Å². The van der Waals surface area contributed by atoms with E-state index in [0.29, 0.717) is 12.4 Å². The molecule has 102 valence electrons. The monoisotopic (exact) mass is 267 g/mol. The molecule has 0 spiro atoms. The highest BCUT2D eigenvalue weighted by Gasteiger charge is 2.07. The zero-order valence-electron chi connectivity index (χ0n) is 11.9. The summed E-state index contributed by atoms with van der Waals surface area (Å²) < 4.78 is 0. The minimum atomic E-state index is 0.292. The number of aromatic nitrogens is 2. The van der Waals surface area contributed by atoms with Crippen molar-refractivity contribution in [2.45, 2.75) is 13.8 Å². The van der Waals surface area contributed by atoms with Crippen LogP contribution in [0.25, 0.3) is 0 Å². The summed E-state index contributed by atoms with van der Waals surface area (Å²) >= 11 is 0. The topological polar surface area (TPSA) is 64.8 Å². The second-order valence-electron chi connectivity index (χ2n) is 4.61. The summed E-state index contributed by atoms with van der Waals surface area (Å²) in [4.78, 5) is 10.5. The molecule has 1 heterocycles. The fraction of sp³-hybridized carbons (Fsp3) is 0.267. The van der Waals surface area contributed by atoms with Crippen molar-refractivity contribution in [3.8, 4) is 6.07 Å². The van der Waals surface area contributed by atoms with Gasteiger partial charge in [0.1, 0.15) is 24.0 Å². The number of benzene rings is 1. The van der Waals surface area contributed by atoms with Crippen LogP contribution in [0, 0.1) is 25.2 Å². The third kappa shape index (κ3) is 3.23. The van der Waals surface area contributed by atoms with E-state index in [9.17, 15) is 0 Å². The van der Waals surface area contributed by atoms with E-state index in [4.69, 9.17) is 5.26 Å². The number of aryl methyl sites for hydroxylation is 2. The SMILES string of the molecule is Cc1nc(Nc2ccccc2C)cc(N(C)CC#N)n1. The van der Waals surface area contributed by atoms with Crippen LogP contribution in [0.2, 0.25) is 0 Å². The lowest BCUT2D eigenvalue weighted by atomic mass is 10.2. The fourth-order valence-corrected chi connectivity index (χ4v) is 1.85. The Kier molecular flexibility index (Phi) is 4.16. The van der Waals surface area contributed by atoms with Gasteiger partial charge in [-0.1, -0.05) is 18.2 Å². The number of nitrogens with zero attached hydrogens (tertiary/aromatic N) is 4. The van der Waals surface area contributed by atoms with Crippen molar-refractivity contribution < 1.29 is 0 Å². The van der Waals surface area contributed by atoms with E-state index in [0.717, 1.165) is 22.9 Å². The minimum absolute atomic E-state index is 0.292. The van der Waals surface area contributed by atoms with Crippen molar-refractivity contribution in [3.63, 3.8) is 0 Å². The Balaban J connectivity index is 2.29. The van der Waals surface area contributed by atoms with Gasteiger partial charge in [-0.3, -0.25) is 0 Å². The number of anilines is 3. The van der Waals surface area contributed by atoms with E-state index >= 15 is 0 Å². The highest BCUT2D eigenvalue weighted by molar-refractivity contribution is 5.62. The molecule has 2 aromatic rings. The minimum Gasteiger partial charge on any atom is -0.346 e. The number of hydrogen-bond donors (Lipinski definition) is 1. The lowest BCUT2D eigenvalue weighted by Gasteiger charge is -2.16. The molecule has 0 saturated carbocycles. The first-order chi connectivity index (χ1) is 9.60. The first-order valence-electron chi connectivity index (χ1n) is 6.36. The summed E-state index contributed by atoms with van der Waals surface area (Å²) in [5.74, 6) is 2.13. The van der Waals surface area contributed by atoms with E-state index in [1.165, 1.54) is 0 Å². The summed E-state index contributed by atoms with van der Waals surface area (Å²) in [5.41, 5.74) is 2.16. The lowest BCUT2D eigenvalue weighted by molar-refractivity contribution is 0.953. The Morgan fingerprint density at radius 2 is 2.00 bits per heavy atom. The van der Waals surface area contributed by atoms with Crippen LogP contribution in [0.4, 0.5) is 17.3 Å². The molecule has 0 radical (unpaired) electrons. The maximum Gasteiger partial charge on any atom is 0.136 e. The molecule has 0 aliphatic rings. The van der Waals surface area contributed by atoms with E-state index in [1.807, 2.05) is 51.2 Å². The predicted molar refractivity (Wildman–Crippen MR) is 80.1 cm³/mol. The Morgan fingerprint density at radius 1 is 1.25 bits per heavy atom. The molecule has 0 aliphatic heterocycles. The molecule has 0 atom stereocenters. The highest BCUT2D eigenvalue weighted by atomic mass is 15.2. The summed E-state index contributed by atoms with van der Waals surface area (Å²) in [7, 11) is 1.84. The van der Waals surface area contributed by atoms with E-state index in [2.05, 4.69) is 21.4 Å². The van der Waals surface area contributed by atoms with E-state index < -0.39 is 0 Å². The molecule has 5 heteroatoms. The van der Waals surface area contributed by atoms with Gasteiger partial charge in [-0.25, -0.2) is 9.97 Å². The van der Waals surface area contributed by atoms with Gasteiger partial charge in [0.15, 0.2) is 0 Å². The summed E-state index contributed by atoms with van der Waals surface area (Å²) in [6, 6.07) is 12.0. The normalized spacial score (nSPS) is 9.90. The molecule has 1 N–H and O–H groups in total. The Labute approximate surface area is 118 Å². The van der Waals surface area contributed by atoms with Crippen LogP contribution >= 0.6 is 0 Å². The van der Waals surface area contributed by atoms with Crippen molar-refractivity contribution in [3.05, 3.63) is 41.7 Å². The average molecular weight is 267 g/mol. The smallest absolute Gasteiger partial charge is 0.136 e. The molecule has 0 bridgehead atoms. The van der Waals surface area contributed by atoms with Crippen molar-refractivity contribution in [1.29, 1.82) is 5.26 Å². The van der Waals surface area contributed by atoms with Crippen LogP contribution in [-0.2, 0) is 0 Å². The van der Waals surface area contributed by atoms with Gasteiger partial charge in [0.05, 0.1) is 6.07 Å². The van der Waals surface area contributed by atoms with Crippen LogP contribution in [0.3, 0.4) is 0 Å². The van der Waals surface area contributed by atoms with Gasteiger partial charge in [-0.05, 0) is 25.5 Å². The zero-order valence-corrected chi connectivity index (χ0v) is 11.9.